The number of rotatable bonds is 5. The number of hydrogen-bond acceptors (Lipinski definition) is 6. The van der Waals surface area contributed by atoms with Crippen molar-refractivity contribution in [1.82, 2.24) is 19.8 Å². The quantitative estimate of drug-likeness (QED) is 0.518. The van der Waals surface area contributed by atoms with Crippen LogP contribution in [0.1, 0.15) is 30.7 Å². The van der Waals surface area contributed by atoms with Gasteiger partial charge in [0.25, 0.3) is 0 Å². The molecule has 9 heteroatoms. The molecule has 4 rings (SSSR count). The van der Waals surface area contributed by atoms with Crippen molar-refractivity contribution in [3.05, 3.63) is 57.0 Å². The fourth-order valence-corrected chi connectivity index (χ4v) is 5.34. The van der Waals surface area contributed by atoms with E-state index >= 15 is 0 Å². The van der Waals surface area contributed by atoms with E-state index in [1.807, 2.05) is 48.4 Å². The van der Waals surface area contributed by atoms with E-state index in [9.17, 15) is 9.59 Å². The van der Waals surface area contributed by atoms with Crippen LogP contribution in [0.4, 0.5) is 5.82 Å². The fourth-order valence-electron chi connectivity index (χ4n) is 4.01. The van der Waals surface area contributed by atoms with Crippen molar-refractivity contribution in [3.63, 3.8) is 0 Å². The number of carbonyl (C=O) groups excluding carboxylic acids is 2. The molecule has 0 aliphatic carbocycles. The van der Waals surface area contributed by atoms with E-state index in [1.54, 1.807) is 28.4 Å². The summed E-state index contributed by atoms with van der Waals surface area (Å²) in [5, 5.41) is 2.76. The number of nitrogen functional groups attached to an aromatic ring is 1. The number of amides is 2. The molecule has 1 fully saturated rings. The molecule has 0 spiro atoms. The summed E-state index contributed by atoms with van der Waals surface area (Å²) in [6, 6.07) is 7.15. The average Bonchev–Trinajstić information content (AvgIpc) is 3.20. The van der Waals surface area contributed by atoms with Gasteiger partial charge in [-0.05, 0) is 59.1 Å². The van der Waals surface area contributed by atoms with Crippen LogP contribution in [-0.4, -0.2) is 50.2 Å². The SMILES string of the molecule is CCC1C(=O)N(Cc2ccc3c(N)ncnc3c2)C(C)CN1C(=O)C=Cc1cc(Br)cs1. The highest BCUT2D eigenvalue weighted by atomic mass is 79.9. The van der Waals surface area contributed by atoms with Crippen molar-refractivity contribution in [2.45, 2.75) is 38.9 Å². The predicted molar refractivity (Wildman–Crippen MR) is 131 cm³/mol. The molecule has 0 radical (unpaired) electrons. The first kappa shape index (κ1) is 22.4. The van der Waals surface area contributed by atoms with Gasteiger partial charge in [-0.15, -0.1) is 11.3 Å². The van der Waals surface area contributed by atoms with Crippen LogP contribution in [0.5, 0.6) is 0 Å². The molecule has 32 heavy (non-hydrogen) atoms. The Morgan fingerprint density at radius 3 is 2.88 bits per heavy atom. The number of nitrogens with zero attached hydrogens (tertiary/aromatic N) is 4. The van der Waals surface area contributed by atoms with Gasteiger partial charge in [0, 0.05) is 45.3 Å². The van der Waals surface area contributed by atoms with Gasteiger partial charge in [-0.1, -0.05) is 13.0 Å². The first-order chi connectivity index (χ1) is 15.4. The Morgan fingerprint density at radius 1 is 1.34 bits per heavy atom. The molecule has 2 atom stereocenters. The molecule has 1 aliphatic rings. The maximum Gasteiger partial charge on any atom is 0.247 e. The topological polar surface area (TPSA) is 92.4 Å². The van der Waals surface area contributed by atoms with Gasteiger partial charge in [0.05, 0.1) is 5.52 Å². The first-order valence-electron chi connectivity index (χ1n) is 10.4. The lowest BCUT2D eigenvalue weighted by atomic mass is 10.0. The highest BCUT2D eigenvalue weighted by molar-refractivity contribution is 9.10. The third kappa shape index (κ3) is 4.54. The first-order valence-corrected chi connectivity index (χ1v) is 12.1. The van der Waals surface area contributed by atoms with Gasteiger partial charge in [-0.2, -0.15) is 0 Å². The normalized spacial score (nSPS) is 19.3. The Balaban J connectivity index is 1.51. The van der Waals surface area contributed by atoms with Gasteiger partial charge in [-0.25, -0.2) is 9.97 Å². The Kier molecular flexibility index (Phi) is 6.57. The molecule has 7 nitrogen and oxygen atoms in total. The van der Waals surface area contributed by atoms with E-state index in [2.05, 4.69) is 25.9 Å². The van der Waals surface area contributed by atoms with E-state index < -0.39 is 6.04 Å². The zero-order chi connectivity index (χ0) is 22.8. The number of nitrogens with two attached hydrogens (primary N) is 1. The maximum atomic E-state index is 13.3. The van der Waals surface area contributed by atoms with E-state index in [4.69, 9.17) is 5.73 Å². The highest BCUT2D eigenvalue weighted by Crippen LogP contribution is 2.25. The van der Waals surface area contributed by atoms with Gasteiger partial charge < -0.3 is 15.5 Å². The summed E-state index contributed by atoms with van der Waals surface area (Å²) in [6.07, 6.45) is 5.36. The minimum atomic E-state index is -0.475. The van der Waals surface area contributed by atoms with Crippen LogP contribution in [0.3, 0.4) is 0 Å². The molecule has 1 aliphatic heterocycles. The maximum absolute atomic E-state index is 13.3. The van der Waals surface area contributed by atoms with E-state index in [1.165, 1.54) is 6.33 Å². The van der Waals surface area contributed by atoms with E-state index in [0.717, 1.165) is 25.8 Å². The second-order valence-corrected chi connectivity index (χ2v) is 9.70. The molecular formula is C23H24BrN5O2S. The van der Waals surface area contributed by atoms with Crippen LogP contribution in [0.25, 0.3) is 17.0 Å². The number of benzene rings is 1. The van der Waals surface area contributed by atoms with Crippen molar-refractivity contribution in [3.8, 4) is 0 Å². The van der Waals surface area contributed by atoms with Crippen molar-refractivity contribution in [2.75, 3.05) is 12.3 Å². The molecule has 2 aromatic heterocycles. The number of piperazine rings is 1. The Bertz CT molecular complexity index is 1190. The summed E-state index contributed by atoms with van der Waals surface area (Å²) in [6.45, 7) is 4.86. The van der Waals surface area contributed by atoms with Crippen molar-refractivity contribution in [1.29, 1.82) is 0 Å². The third-order valence-corrected chi connectivity index (χ3v) is 7.33. The van der Waals surface area contributed by atoms with Crippen LogP contribution in [0.15, 0.2) is 46.5 Å². The molecule has 2 amide bonds. The van der Waals surface area contributed by atoms with Crippen molar-refractivity contribution < 1.29 is 9.59 Å². The zero-order valence-corrected chi connectivity index (χ0v) is 20.3. The molecule has 1 aromatic carbocycles. The molecule has 0 saturated carbocycles. The van der Waals surface area contributed by atoms with Crippen LogP contribution >= 0.6 is 27.3 Å². The van der Waals surface area contributed by atoms with E-state index in [0.29, 0.717) is 25.3 Å². The van der Waals surface area contributed by atoms with Gasteiger partial charge in [-0.3, -0.25) is 9.59 Å². The summed E-state index contributed by atoms with van der Waals surface area (Å²) >= 11 is 4.97. The summed E-state index contributed by atoms with van der Waals surface area (Å²) in [7, 11) is 0. The number of aromatic nitrogens is 2. The van der Waals surface area contributed by atoms with Gasteiger partial charge in [0.1, 0.15) is 18.2 Å². The number of halogens is 1. The smallest absolute Gasteiger partial charge is 0.247 e. The Labute approximate surface area is 199 Å². The van der Waals surface area contributed by atoms with Gasteiger partial charge >= 0.3 is 0 Å². The molecular weight excluding hydrogens is 490 g/mol. The monoisotopic (exact) mass is 513 g/mol. The third-order valence-electron chi connectivity index (χ3n) is 5.67. The number of anilines is 1. The average molecular weight is 514 g/mol. The molecule has 2 unspecified atom stereocenters. The molecule has 2 N–H and O–H groups in total. The highest BCUT2D eigenvalue weighted by Gasteiger charge is 2.39. The lowest BCUT2D eigenvalue weighted by Crippen LogP contribution is -2.61. The van der Waals surface area contributed by atoms with Gasteiger partial charge in [0.15, 0.2) is 0 Å². The Hall–Kier alpha value is -2.78. The summed E-state index contributed by atoms with van der Waals surface area (Å²) < 4.78 is 0.987. The minimum Gasteiger partial charge on any atom is -0.383 e. The molecule has 3 aromatic rings. The van der Waals surface area contributed by atoms with Crippen molar-refractivity contribution in [2.24, 2.45) is 0 Å². The number of carbonyl (C=O) groups is 2. The molecule has 1 saturated heterocycles. The largest absolute Gasteiger partial charge is 0.383 e. The number of thiophene rings is 1. The second kappa shape index (κ2) is 9.38. The fraction of sp³-hybridized carbons (Fsp3) is 0.304. The lowest BCUT2D eigenvalue weighted by molar-refractivity contribution is -0.153. The second-order valence-electron chi connectivity index (χ2n) is 7.84. The van der Waals surface area contributed by atoms with Crippen LogP contribution in [-0.2, 0) is 16.1 Å². The van der Waals surface area contributed by atoms with Gasteiger partial charge in [0.2, 0.25) is 11.8 Å². The number of hydrogen-bond donors (Lipinski definition) is 1. The summed E-state index contributed by atoms with van der Waals surface area (Å²) in [4.78, 5) is 39.1. The zero-order valence-electron chi connectivity index (χ0n) is 17.9. The molecule has 3 heterocycles. The van der Waals surface area contributed by atoms with Crippen LogP contribution in [0.2, 0.25) is 0 Å². The van der Waals surface area contributed by atoms with Crippen LogP contribution in [0, 0.1) is 0 Å². The molecule has 0 bridgehead atoms. The summed E-state index contributed by atoms with van der Waals surface area (Å²) in [5.74, 6) is 0.264. The Morgan fingerprint density at radius 2 is 2.16 bits per heavy atom. The summed E-state index contributed by atoms with van der Waals surface area (Å²) in [5.41, 5.74) is 7.63. The standard InChI is InChI=1S/C23H24BrN5O2S/c1-3-20-23(31)28(11-15-4-6-18-19(8-15)26-13-27-22(18)25)14(2)10-29(20)21(30)7-5-17-9-16(24)12-32-17/h4-9,12-14,20H,3,10-11H2,1-2H3,(H2,25,26,27). The van der Waals surface area contributed by atoms with Crippen LogP contribution < -0.4 is 5.73 Å². The number of fused-ring (bicyclic) bond motifs is 1. The minimum absolute atomic E-state index is 0.0332. The molecule has 166 valence electrons. The predicted octanol–water partition coefficient (Wildman–Crippen LogP) is 4.09. The van der Waals surface area contributed by atoms with E-state index in [-0.39, 0.29) is 17.9 Å². The van der Waals surface area contributed by atoms with Crippen molar-refractivity contribution >= 4 is 61.9 Å². The lowest BCUT2D eigenvalue weighted by Gasteiger charge is -2.44.